The molecule has 0 aromatic carbocycles. The topological polar surface area (TPSA) is 28.2 Å². The lowest BCUT2D eigenvalue weighted by atomic mass is 9.96. The molecule has 1 aliphatic heterocycles. The Morgan fingerprint density at radius 1 is 1.33 bits per heavy atom. The molecule has 1 saturated heterocycles. The van der Waals surface area contributed by atoms with Gasteiger partial charge < -0.3 is 5.32 Å². The Labute approximate surface area is 111 Å². The zero-order valence-corrected chi connectivity index (χ0v) is 11.6. The molecule has 0 spiro atoms. The van der Waals surface area contributed by atoms with Gasteiger partial charge in [-0.2, -0.15) is 0 Å². The maximum absolute atomic E-state index is 4.10. The van der Waals surface area contributed by atoms with E-state index in [4.69, 9.17) is 0 Å². The number of piperidine rings is 1. The lowest BCUT2D eigenvalue weighted by Gasteiger charge is -2.33. The van der Waals surface area contributed by atoms with Gasteiger partial charge in [0.05, 0.1) is 0 Å². The SMILES string of the molecule is CCN(CC1CCNCC1)C(C)c1ccncc1. The van der Waals surface area contributed by atoms with Gasteiger partial charge in [0, 0.05) is 25.0 Å². The summed E-state index contributed by atoms with van der Waals surface area (Å²) in [6.07, 6.45) is 6.42. The van der Waals surface area contributed by atoms with E-state index in [1.54, 1.807) is 0 Å². The molecule has 2 rings (SSSR count). The van der Waals surface area contributed by atoms with Gasteiger partial charge in [-0.25, -0.2) is 0 Å². The lowest BCUT2D eigenvalue weighted by Crippen LogP contribution is -2.37. The molecule has 18 heavy (non-hydrogen) atoms. The van der Waals surface area contributed by atoms with Gasteiger partial charge in [0.1, 0.15) is 0 Å². The van der Waals surface area contributed by atoms with Crippen LogP contribution in [0, 0.1) is 5.92 Å². The van der Waals surface area contributed by atoms with E-state index >= 15 is 0 Å². The van der Waals surface area contributed by atoms with E-state index in [0.717, 1.165) is 12.5 Å². The highest BCUT2D eigenvalue weighted by molar-refractivity contribution is 5.14. The van der Waals surface area contributed by atoms with Crippen LogP contribution in [0.5, 0.6) is 0 Å². The van der Waals surface area contributed by atoms with Crippen LogP contribution in [-0.4, -0.2) is 36.1 Å². The fourth-order valence-electron chi connectivity index (χ4n) is 2.81. The van der Waals surface area contributed by atoms with Gasteiger partial charge in [0.15, 0.2) is 0 Å². The molecule has 1 fully saturated rings. The summed E-state index contributed by atoms with van der Waals surface area (Å²) in [7, 11) is 0. The Balaban J connectivity index is 1.95. The molecule has 0 saturated carbocycles. The van der Waals surface area contributed by atoms with Gasteiger partial charge in [0.25, 0.3) is 0 Å². The number of hydrogen-bond donors (Lipinski definition) is 1. The summed E-state index contributed by atoms with van der Waals surface area (Å²) in [4.78, 5) is 6.69. The number of rotatable bonds is 5. The number of aromatic nitrogens is 1. The first-order valence-electron chi connectivity index (χ1n) is 7.16. The third kappa shape index (κ3) is 3.53. The van der Waals surface area contributed by atoms with Crippen LogP contribution in [0.4, 0.5) is 0 Å². The second kappa shape index (κ2) is 6.86. The predicted octanol–water partition coefficient (Wildman–Crippen LogP) is 2.46. The first-order chi connectivity index (χ1) is 8.81. The van der Waals surface area contributed by atoms with Crippen molar-refractivity contribution >= 4 is 0 Å². The van der Waals surface area contributed by atoms with Crippen molar-refractivity contribution in [1.82, 2.24) is 15.2 Å². The molecule has 0 amide bonds. The van der Waals surface area contributed by atoms with Crippen molar-refractivity contribution in [3.05, 3.63) is 30.1 Å². The number of hydrogen-bond acceptors (Lipinski definition) is 3. The Bertz CT molecular complexity index is 333. The largest absolute Gasteiger partial charge is 0.317 e. The molecular weight excluding hydrogens is 222 g/mol. The summed E-state index contributed by atoms with van der Waals surface area (Å²) in [6, 6.07) is 4.76. The van der Waals surface area contributed by atoms with Crippen molar-refractivity contribution in [3.63, 3.8) is 0 Å². The smallest absolute Gasteiger partial charge is 0.0320 e. The molecule has 100 valence electrons. The third-order valence-corrected chi connectivity index (χ3v) is 4.09. The lowest BCUT2D eigenvalue weighted by molar-refractivity contribution is 0.168. The van der Waals surface area contributed by atoms with Crippen LogP contribution in [0.1, 0.15) is 38.3 Å². The van der Waals surface area contributed by atoms with Crippen LogP contribution >= 0.6 is 0 Å². The molecule has 3 nitrogen and oxygen atoms in total. The molecule has 3 heteroatoms. The maximum atomic E-state index is 4.10. The van der Waals surface area contributed by atoms with E-state index < -0.39 is 0 Å². The van der Waals surface area contributed by atoms with Crippen LogP contribution in [0.15, 0.2) is 24.5 Å². The number of nitrogens with one attached hydrogen (secondary N) is 1. The summed E-state index contributed by atoms with van der Waals surface area (Å²) in [5, 5.41) is 3.44. The molecular formula is C15H25N3. The summed E-state index contributed by atoms with van der Waals surface area (Å²) < 4.78 is 0. The van der Waals surface area contributed by atoms with Crippen molar-refractivity contribution < 1.29 is 0 Å². The number of pyridine rings is 1. The van der Waals surface area contributed by atoms with Crippen molar-refractivity contribution in [1.29, 1.82) is 0 Å². The average Bonchev–Trinajstić information content (AvgIpc) is 2.46. The highest BCUT2D eigenvalue weighted by Crippen LogP contribution is 2.22. The fraction of sp³-hybridized carbons (Fsp3) is 0.667. The molecule has 1 unspecified atom stereocenters. The Morgan fingerprint density at radius 2 is 2.00 bits per heavy atom. The first-order valence-corrected chi connectivity index (χ1v) is 7.16. The monoisotopic (exact) mass is 247 g/mol. The molecule has 1 aromatic heterocycles. The minimum absolute atomic E-state index is 0.493. The summed E-state index contributed by atoms with van der Waals surface area (Å²) in [6.45, 7) is 9.28. The molecule has 1 atom stereocenters. The van der Waals surface area contributed by atoms with Crippen LogP contribution in [0.3, 0.4) is 0 Å². The van der Waals surface area contributed by atoms with Gasteiger partial charge in [0.2, 0.25) is 0 Å². The first kappa shape index (κ1) is 13.5. The van der Waals surface area contributed by atoms with Crippen LogP contribution < -0.4 is 5.32 Å². The molecule has 1 aromatic rings. The second-order valence-corrected chi connectivity index (χ2v) is 5.24. The predicted molar refractivity (Wildman–Crippen MR) is 75.5 cm³/mol. The minimum Gasteiger partial charge on any atom is -0.317 e. The maximum Gasteiger partial charge on any atom is 0.0320 e. The molecule has 0 radical (unpaired) electrons. The normalized spacial score (nSPS) is 19.1. The van der Waals surface area contributed by atoms with Crippen LogP contribution in [0.25, 0.3) is 0 Å². The van der Waals surface area contributed by atoms with E-state index in [0.29, 0.717) is 6.04 Å². The Hall–Kier alpha value is -0.930. The zero-order valence-electron chi connectivity index (χ0n) is 11.6. The van der Waals surface area contributed by atoms with E-state index in [2.05, 4.69) is 41.2 Å². The Kier molecular flexibility index (Phi) is 5.14. The fourth-order valence-corrected chi connectivity index (χ4v) is 2.81. The number of nitrogens with zero attached hydrogens (tertiary/aromatic N) is 2. The molecule has 0 aliphatic carbocycles. The van der Waals surface area contributed by atoms with E-state index in [1.165, 1.54) is 38.0 Å². The van der Waals surface area contributed by atoms with Gasteiger partial charge in [-0.05, 0) is 63.0 Å². The highest BCUT2D eigenvalue weighted by Gasteiger charge is 2.20. The summed E-state index contributed by atoms with van der Waals surface area (Å²) >= 11 is 0. The van der Waals surface area contributed by atoms with Gasteiger partial charge in [-0.3, -0.25) is 9.88 Å². The van der Waals surface area contributed by atoms with E-state index in [-0.39, 0.29) is 0 Å². The van der Waals surface area contributed by atoms with Crippen molar-refractivity contribution in [2.24, 2.45) is 5.92 Å². The summed E-state index contributed by atoms with van der Waals surface area (Å²) in [5.41, 5.74) is 1.38. The van der Waals surface area contributed by atoms with Gasteiger partial charge in [-0.1, -0.05) is 6.92 Å². The molecule has 1 aliphatic rings. The summed E-state index contributed by atoms with van der Waals surface area (Å²) in [5.74, 6) is 0.857. The second-order valence-electron chi connectivity index (χ2n) is 5.24. The van der Waals surface area contributed by atoms with Crippen molar-refractivity contribution in [2.75, 3.05) is 26.2 Å². The minimum atomic E-state index is 0.493. The molecule has 0 bridgehead atoms. The van der Waals surface area contributed by atoms with Gasteiger partial charge in [-0.15, -0.1) is 0 Å². The molecule has 2 heterocycles. The van der Waals surface area contributed by atoms with Crippen molar-refractivity contribution in [3.8, 4) is 0 Å². The average molecular weight is 247 g/mol. The van der Waals surface area contributed by atoms with Gasteiger partial charge >= 0.3 is 0 Å². The highest BCUT2D eigenvalue weighted by atomic mass is 15.1. The Morgan fingerprint density at radius 3 is 2.61 bits per heavy atom. The van der Waals surface area contributed by atoms with Crippen LogP contribution in [0.2, 0.25) is 0 Å². The van der Waals surface area contributed by atoms with Crippen LogP contribution in [-0.2, 0) is 0 Å². The third-order valence-electron chi connectivity index (χ3n) is 4.09. The molecule has 1 N–H and O–H groups in total. The standard InChI is InChI=1S/C15H25N3/c1-3-18(12-14-4-8-16-9-5-14)13(2)15-6-10-17-11-7-15/h6-7,10-11,13-14,16H,3-5,8-9,12H2,1-2H3. The van der Waals surface area contributed by atoms with E-state index in [1.807, 2.05) is 12.4 Å². The van der Waals surface area contributed by atoms with Crippen molar-refractivity contribution in [2.45, 2.75) is 32.7 Å². The zero-order chi connectivity index (χ0) is 12.8. The van der Waals surface area contributed by atoms with E-state index in [9.17, 15) is 0 Å². The quantitative estimate of drug-likeness (QED) is 0.866.